The summed E-state index contributed by atoms with van der Waals surface area (Å²) in [7, 11) is -2.99. The number of ether oxygens (including phenoxy) is 1. The fourth-order valence-corrected chi connectivity index (χ4v) is 5.58. The van der Waals surface area contributed by atoms with Gasteiger partial charge >= 0.3 is 0 Å². The summed E-state index contributed by atoms with van der Waals surface area (Å²) in [5.74, 6) is 0.399. The van der Waals surface area contributed by atoms with Gasteiger partial charge in [-0.1, -0.05) is 11.6 Å². The molecule has 6 heteroatoms. The normalized spacial score (nSPS) is 30.2. The van der Waals surface area contributed by atoms with Crippen LogP contribution in [0, 0.1) is 0 Å². The monoisotopic (exact) mass is 341 g/mol. The molecule has 3 aliphatic rings. The lowest BCUT2D eigenvalue weighted by Gasteiger charge is -2.31. The minimum absolute atomic E-state index is 0.0718. The van der Waals surface area contributed by atoms with E-state index in [2.05, 4.69) is 6.08 Å². The third-order valence-electron chi connectivity index (χ3n) is 5.16. The molecule has 0 aromatic rings. The quantitative estimate of drug-likeness (QED) is 0.718. The van der Waals surface area contributed by atoms with Gasteiger partial charge in [-0.25, -0.2) is 8.42 Å². The van der Waals surface area contributed by atoms with E-state index < -0.39 is 9.84 Å². The fraction of sp³-hybridized carbons (Fsp3) is 0.824. The van der Waals surface area contributed by atoms with Crippen molar-refractivity contribution < 1.29 is 17.9 Å². The highest BCUT2D eigenvalue weighted by molar-refractivity contribution is 7.91. The van der Waals surface area contributed by atoms with Gasteiger partial charge in [0.05, 0.1) is 17.6 Å². The van der Waals surface area contributed by atoms with Gasteiger partial charge in [0, 0.05) is 25.6 Å². The van der Waals surface area contributed by atoms with Gasteiger partial charge in [-0.15, -0.1) is 0 Å². The van der Waals surface area contributed by atoms with Crippen molar-refractivity contribution in [3.63, 3.8) is 0 Å². The first-order valence-corrected chi connectivity index (χ1v) is 10.6. The molecule has 5 nitrogen and oxygen atoms in total. The minimum Gasteiger partial charge on any atom is -0.376 e. The number of allylic oxidation sites excluding steroid dienone is 1. The molecular formula is C17H27NO4S. The Balaban J connectivity index is 1.68. The van der Waals surface area contributed by atoms with Crippen LogP contribution in [-0.2, 0) is 19.4 Å². The molecule has 3 rings (SSSR count). The Morgan fingerprint density at radius 2 is 2.13 bits per heavy atom. The summed E-state index contributed by atoms with van der Waals surface area (Å²) in [5, 5.41) is 0. The number of hydrogen-bond acceptors (Lipinski definition) is 4. The van der Waals surface area contributed by atoms with E-state index in [1.807, 2.05) is 4.90 Å². The lowest BCUT2D eigenvalue weighted by Crippen LogP contribution is -2.45. The minimum atomic E-state index is -2.99. The van der Waals surface area contributed by atoms with Crippen LogP contribution in [0.1, 0.15) is 51.4 Å². The molecule has 0 unspecified atom stereocenters. The van der Waals surface area contributed by atoms with Crippen LogP contribution in [0.4, 0.5) is 0 Å². The van der Waals surface area contributed by atoms with Crippen LogP contribution < -0.4 is 0 Å². The molecule has 0 spiro atoms. The largest absolute Gasteiger partial charge is 0.376 e. The maximum absolute atomic E-state index is 12.8. The van der Waals surface area contributed by atoms with Crippen LogP contribution in [0.2, 0.25) is 0 Å². The zero-order valence-electron chi connectivity index (χ0n) is 13.7. The third-order valence-corrected chi connectivity index (χ3v) is 6.91. The van der Waals surface area contributed by atoms with E-state index in [-0.39, 0.29) is 29.6 Å². The van der Waals surface area contributed by atoms with Crippen LogP contribution in [0.3, 0.4) is 0 Å². The van der Waals surface area contributed by atoms with Crippen molar-refractivity contribution in [3.8, 4) is 0 Å². The summed E-state index contributed by atoms with van der Waals surface area (Å²) in [5.41, 5.74) is 1.22. The molecule has 0 saturated carbocycles. The molecule has 1 aliphatic carbocycles. The number of nitrogens with zero attached hydrogens (tertiary/aromatic N) is 1. The number of carbonyl (C=O) groups is 1. The SMILES string of the molecule is O=C(CC1=CCCCC1)N(C[C@@H]1CCCO1)[C@@H]1CCS(=O)(=O)C1. The van der Waals surface area contributed by atoms with Crippen molar-refractivity contribution in [1.82, 2.24) is 4.90 Å². The molecule has 2 heterocycles. The van der Waals surface area contributed by atoms with Crippen LogP contribution in [0.25, 0.3) is 0 Å². The standard InChI is InChI=1S/C17H27NO4S/c19-17(11-14-5-2-1-3-6-14)18(12-16-7-4-9-22-16)15-8-10-23(20,21)13-15/h5,15-16H,1-4,6-13H2/t15-,16+/m1/s1. The van der Waals surface area contributed by atoms with Crippen LogP contribution >= 0.6 is 0 Å². The zero-order chi connectivity index (χ0) is 16.3. The van der Waals surface area contributed by atoms with Gasteiger partial charge in [-0.3, -0.25) is 4.79 Å². The average molecular weight is 341 g/mol. The Morgan fingerprint density at radius 3 is 2.74 bits per heavy atom. The van der Waals surface area contributed by atoms with Crippen molar-refractivity contribution in [2.45, 2.75) is 63.5 Å². The molecule has 1 amide bonds. The summed E-state index contributed by atoms with van der Waals surface area (Å²) in [6.07, 6.45) is 9.70. The van der Waals surface area contributed by atoms with E-state index in [1.54, 1.807) is 0 Å². The number of carbonyl (C=O) groups excluding carboxylic acids is 1. The number of hydrogen-bond donors (Lipinski definition) is 0. The molecule has 2 saturated heterocycles. The van der Waals surface area contributed by atoms with Crippen molar-refractivity contribution in [2.24, 2.45) is 0 Å². The van der Waals surface area contributed by atoms with E-state index in [1.165, 1.54) is 12.0 Å². The molecule has 0 aromatic carbocycles. The maximum atomic E-state index is 12.8. The molecule has 0 radical (unpaired) electrons. The van der Waals surface area contributed by atoms with E-state index in [4.69, 9.17) is 4.74 Å². The Kier molecular flexibility index (Phi) is 5.42. The summed E-state index contributed by atoms with van der Waals surface area (Å²) < 4.78 is 29.3. The van der Waals surface area contributed by atoms with Gasteiger partial charge < -0.3 is 9.64 Å². The molecule has 0 aromatic heterocycles. The zero-order valence-corrected chi connectivity index (χ0v) is 14.5. The van der Waals surface area contributed by atoms with Gasteiger partial charge in [-0.2, -0.15) is 0 Å². The Hall–Kier alpha value is -0.880. The van der Waals surface area contributed by atoms with Crippen molar-refractivity contribution >= 4 is 15.7 Å². The van der Waals surface area contributed by atoms with Crippen molar-refractivity contribution in [3.05, 3.63) is 11.6 Å². The fourth-order valence-electron chi connectivity index (χ4n) is 3.84. The molecule has 130 valence electrons. The lowest BCUT2D eigenvalue weighted by atomic mass is 9.96. The number of sulfone groups is 1. The highest BCUT2D eigenvalue weighted by Gasteiger charge is 2.36. The van der Waals surface area contributed by atoms with Crippen LogP contribution in [0.15, 0.2) is 11.6 Å². The van der Waals surface area contributed by atoms with E-state index in [0.717, 1.165) is 38.7 Å². The first kappa shape index (κ1) is 17.0. The maximum Gasteiger partial charge on any atom is 0.227 e. The lowest BCUT2D eigenvalue weighted by molar-refractivity contribution is -0.134. The predicted octanol–water partition coefficient (Wildman–Crippen LogP) is 2.07. The second-order valence-electron chi connectivity index (χ2n) is 7.02. The van der Waals surface area contributed by atoms with E-state index >= 15 is 0 Å². The highest BCUT2D eigenvalue weighted by Crippen LogP contribution is 2.25. The smallest absolute Gasteiger partial charge is 0.227 e. The van der Waals surface area contributed by atoms with Crippen LogP contribution in [0.5, 0.6) is 0 Å². The molecule has 2 fully saturated rings. The Bertz CT molecular complexity index is 563. The summed E-state index contributed by atoms with van der Waals surface area (Å²) in [6.45, 7) is 1.30. The van der Waals surface area contributed by atoms with Gasteiger partial charge in [-0.05, 0) is 44.9 Å². The molecule has 23 heavy (non-hydrogen) atoms. The summed E-state index contributed by atoms with van der Waals surface area (Å²) in [6, 6.07) is -0.166. The number of amides is 1. The Labute approximate surface area is 139 Å². The topological polar surface area (TPSA) is 63.7 Å². The first-order chi connectivity index (χ1) is 11.0. The molecule has 0 N–H and O–H groups in total. The molecule has 2 aliphatic heterocycles. The van der Waals surface area contributed by atoms with Crippen molar-refractivity contribution in [1.29, 1.82) is 0 Å². The molecule has 0 bridgehead atoms. The van der Waals surface area contributed by atoms with Gasteiger partial charge in [0.25, 0.3) is 0 Å². The second-order valence-corrected chi connectivity index (χ2v) is 9.25. The highest BCUT2D eigenvalue weighted by atomic mass is 32.2. The Morgan fingerprint density at radius 1 is 1.26 bits per heavy atom. The second kappa shape index (κ2) is 7.34. The van der Waals surface area contributed by atoms with Gasteiger partial charge in [0.2, 0.25) is 5.91 Å². The average Bonchev–Trinajstić information content (AvgIpc) is 3.15. The predicted molar refractivity (Wildman–Crippen MR) is 88.9 cm³/mol. The third kappa shape index (κ3) is 4.57. The van der Waals surface area contributed by atoms with E-state index in [9.17, 15) is 13.2 Å². The molecule has 2 atom stereocenters. The van der Waals surface area contributed by atoms with Gasteiger partial charge in [0.15, 0.2) is 9.84 Å². The summed E-state index contributed by atoms with van der Waals surface area (Å²) >= 11 is 0. The summed E-state index contributed by atoms with van der Waals surface area (Å²) in [4.78, 5) is 14.6. The van der Waals surface area contributed by atoms with Crippen molar-refractivity contribution in [2.75, 3.05) is 24.7 Å². The van der Waals surface area contributed by atoms with E-state index in [0.29, 0.717) is 19.4 Å². The van der Waals surface area contributed by atoms with Crippen LogP contribution in [-0.4, -0.2) is 56.0 Å². The first-order valence-electron chi connectivity index (χ1n) is 8.83. The van der Waals surface area contributed by atoms with Gasteiger partial charge in [0.1, 0.15) is 0 Å². The number of rotatable bonds is 5. The molecular weight excluding hydrogens is 314 g/mol.